The molecule has 8 heteroatoms. The number of Topliss-reactive ketones (excluding diaryl/α,β-unsaturated/α-hetero) is 1. The molecule has 1 aliphatic carbocycles. The number of benzene rings is 1. The fourth-order valence-corrected chi connectivity index (χ4v) is 2.76. The van der Waals surface area contributed by atoms with E-state index in [9.17, 15) is 17.8 Å². The van der Waals surface area contributed by atoms with Gasteiger partial charge in [-0.2, -0.15) is 0 Å². The number of nitrogens with one attached hydrogen (secondary N) is 1. The average Bonchev–Trinajstić information content (AvgIpc) is 2.39. The molecule has 102 valence electrons. The molecule has 0 saturated heterocycles. The second kappa shape index (κ2) is 5.38. The van der Waals surface area contributed by atoms with Crippen LogP contribution in [0.3, 0.4) is 0 Å². The van der Waals surface area contributed by atoms with Crippen LogP contribution in [0.15, 0.2) is 23.1 Å². The topological polar surface area (TPSA) is 83.5 Å². The van der Waals surface area contributed by atoms with Gasteiger partial charge < -0.3 is 0 Å². The van der Waals surface area contributed by atoms with Crippen molar-refractivity contribution in [2.45, 2.75) is 13.3 Å². The summed E-state index contributed by atoms with van der Waals surface area (Å²) in [6, 6.07) is 5.49. The molecule has 0 aromatic heterocycles. The molecule has 0 fully saturated rings. The van der Waals surface area contributed by atoms with Crippen LogP contribution in [0.1, 0.15) is 23.6 Å². The third kappa shape index (κ3) is 2.62. The first kappa shape index (κ1) is 14.7. The van der Waals surface area contributed by atoms with Crippen molar-refractivity contribution in [2.24, 2.45) is 0 Å². The molecule has 5 nitrogen and oxygen atoms in total. The quantitative estimate of drug-likeness (QED) is 0.570. The van der Waals surface area contributed by atoms with Crippen LogP contribution in [0.25, 0.3) is 6.08 Å². The number of ketones is 1. The van der Waals surface area contributed by atoms with Crippen molar-refractivity contribution < 1.29 is 17.8 Å². The van der Waals surface area contributed by atoms with Crippen molar-refractivity contribution in [3.8, 4) is 0 Å². The van der Waals surface area contributed by atoms with Gasteiger partial charge in [0.2, 0.25) is 0 Å². The Morgan fingerprint density at radius 1 is 1.40 bits per heavy atom. The van der Waals surface area contributed by atoms with E-state index in [0.29, 0.717) is 11.1 Å². The zero-order chi connectivity index (χ0) is 14.9. The van der Waals surface area contributed by atoms with Gasteiger partial charge in [-0.15, -0.1) is 0 Å². The van der Waals surface area contributed by atoms with Gasteiger partial charge in [0, 0.05) is 0 Å². The summed E-state index contributed by atoms with van der Waals surface area (Å²) in [6.45, 7) is 1.98. The molecule has 1 aliphatic rings. The summed E-state index contributed by atoms with van der Waals surface area (Å²) in [5.41, 5.74) is 2.50. The molecular weight excluding hydrogens is 276 g/mol. The molecule has 2 N–H and O–H groups in total. The molecule has 1 aromatic carbocycles. The first-order chi connectivity index (χ1) is 9.38. The van der Waals surface area contributed by atoms with Gasteiger partial charge in [0.25, 0.3) is 0 Å². The Bertz CT molecular complexity index is 738. The summed E-state index contributed by atoms with van der Waals surface area (Å²) in [7, 11) is -1.49. The third-order valence-electron chi connectivity index (χ3n) is 3.14. The van der Waals surface area contributed by atoms with E-state index in [1.807, 2.05) is 19.1 Å². The van der Waals surface area contributed by atoms with Crippen molar-refractivity contribution in [3.05, 3.63) is 39.8 Å². The number of carbonyl (C=O) groups is 1. The van der Waals surface area contributed by atoms with Gasteiger partial charge in [0.15, 0.2) is 0 Å². The van der Waals surface area contributed by atoms with Crippen LogP contribution in [0.5, 0.6) is 0 Å². The van der Waals surface area contributed by atoms with Crippen molar-refractivity contribution >= 4 is 42.5 Å². The molecular formula is C12H13B2NO4S. The minimum atomic E-state index is -4.55. The normalized spacial score (nSPS) is 16.4. The fraction of sp³-hybridized carbons (Fsp3) is 0.167. The molecule has 20 heavy (non-hydrogen) atoms. The molecule has 0 heterocycles. The van der Waals surface area contributed by atoms with Gasteiger partial charge in [-0.25, -0.2) is 0 Å². The summed E-state index contributed by atoms with van der Waals surface area (Å²) in [4.78, 5) is 11.6. The van der Waals surface area contributed by atoms with E-state index in [1.54, 1.807) is 14.0 Å². The number of allylic oxidation sites excluding steroid dienone is 1. The second-order valence-electron chi connectivity index (χ2n) is 4.43. The monoisotopic (exact) mass is 289 g/mol. The van der Waals surface area contributed by atoms with E-state index in [4.69, 9.17) is 0 Å². The predicted octanol–water partition coefficient (Wildman–Crippen LogP) is -0.662. The molecule has 0 amide bonds. The van der Waals surface area contributed by atoms with Gasteiger partial charge in [-0.1, -0.05) is 0 Å². The molecule has 2 rings (SSSR count). The van der Waals surface area contributed by atoms with Gasteiger partial charge >= 0.3 is 119 Å². The summed E-state index contributed by atoms with van der Waals surface area (Å²) < 4.78 is 31.8. The molecule has 0 unspecified atom stereocenters. The molecule has 0 aliphatic heterocycles. The Morgan fingerprint density at radius 3 is 2.65 bits per heavy atom. The van der Waals surface area contributed by atoms with Crippen molar-refractivity contribution in [3.63, 3.8) is 0 Å². The number of hydrogen-bond acceptors (Lipinski definition) is 4. The van der Waals surface area contributed by atoms with Crippen LogP contribution in [-0.4, -0.2) is 39.3 Å². The van der Waals surface area contributed by atoms with Gasteiger partial charge in [0.1, 0.15) is 0 Å². The van der Waals surface area contributed by atoms with Crippen molar-refractivity contribution in [1.82, 2.24) is 5.14 Å². The van der Waals surface area contributed by atoms with Crippen LogP contribution in [-0.2, 0) is 21.3 Å². The van der Waals surface area contributed by atoms with Crippen LogP contribution >= 0.6 is 0 Å². The Morgan fingerprint density at radius 2 is 2.10 bits per heavy atom. The predicted molar refractivity (Wildman–Crippen MR) is 81.9 cm³/mol. The first-order valence-corrected chi connectivity index (χ1v) is 7.57. The molecule has 0 saturated carbocycles. The Labute approximate surface area is 119 Å². The van der Waals surface area contributed by atoms with Gasteiger partial charge in [-0.05, 0) is 0 Å². The summed E-state index contributed by atoms with van der Waals surface area (Å²) >= 11 is 0. The van der Waals surface area contributed by atoms with E-state index < -0.39 is 20.8 Å². The summed E-state index contributed by atoms with van der Waals surface area (Å²) in [5.74, 6) is -0.710. The number of rotatable bonds is 3. The van der Waals surface area contributed by atoms with E-state index >= 15 is 0 Å². The van der Waals surface area contributed by atoms with Gasteiger partial charge in [-0.3, -0.25) is 0 Å². The van der Waals surface area contributed by atoms with Crippen LogP contribution in [0.4, 0.5) is 0 Å². The molecule has 0 spiro atoms. The van der Waals surface area contributed by atoms with Gasteiger partial charge in [0.05, 0.1) is 0 Å². The van der Waals surface area contributed by atoms with E-state index in [2.05, 4.69) is 5.14 Å². The number of fused-ring (bicyclic) bond motifs is 1. The zero-order valence-corrected chi connectivity index (χ0v) is 12.0. The molecule has 1 aromatic rings. The van der Waals surface area contributed by atoms with Crippen LogP contribution in [0.2, 0.25) is 0 Å². The minimum absolute atomic E-state index is 0.222. The van der Waals surface area contributed by atoms with Crippen molar-refractivity contribution in [1.29, 1.82) is 0 Å². The number of aryl methyl sites for hydroxylation is 1. The SMILES string of the molecule is BN/B=C1\C(=O)C(S(=O)(=O)O)=Cc2cc(CC)ccc21. The zero-order valence-electron chi connectivity index (χ0n) is 11.2. The molecule has 0 bridgehead atoms. The van der Waals surface area contributed by atoms with Crippen LogP contribution < -0.4 is 5.14 Å². The average molecular weight is 289 g/mol. The number of carbonyl (C=O) groups excluding carboxylic acids is 1. The molecule has 0 radical (unpaired) electrons. The maximum atomic E-state index is 12.2. The third-order valence-corrected chi connectivity index (χ3v) is 4.00. The Balaban J connectivity index is 2.74. The van der Waals surface area contributed by atoms with E-state index in [1.165, 1.54) is 13.1 Å². The molecule has 0 atom stereocenters. The van der Waals surface area contributed by atoms with E-state index in [0.717, 1.165) is 12.0 Å². The fourth-order valence-electron chi connectivity index (χ4n) is 2.14. The summed E-state index contributed by atoms with van der Waals surface area (Å²) in [6.07, 6.45) is 2.01. The van der Waals surface area contributed by atoms with Crippen LogP contribution in [0, 0.1) is 0 Å². The maximum absolute atomic E-state index is 12.2. The first-order valence-electron chi connectivity index (χ1n) is 6.13. The second-order valence-corrected chi connectivity index (χ2v) is 5.82. The number of hydrogen-bond donors (Lipinski definition) is 2. The standard InChI is InChI=1S/C12H13B2NO4S/c1-2-7-3-4-9-8(5-7)6-10(20(17,18)19)12(16)11(9)14-15-13/h3-6,15H,2,13H2,1H3,(H,17,18,19). The Kier molecular flexibility index (Phi) is 3.96. The van der Waals surface area contributed by atoms with Crippen molar-refractivity contribution in [2.75, 3.05) is 0 Å². The summed E-state index contributed by atoms with van der Waals surface area (Å²) in [5, 5.41) is 2.72. The van der Waals surface area contributed by atoms with E-state index in [-0.39, 0.29) is 5.46 Å². The Hall–Kier alpha value is -1.66.